The second-order valence-corrected chi connectivity index (χ2v) is 6.19. The van der Waals surface area contributed by atoms with Gasteiger partial charge < -0.3 is 15.0 Å². The molecule has 4 rings (SSSR count). The van der Waals surface area contributed by atoms with Gasteiger partial charge >= 0.3 is 6.61 Å². The summed E-state index contributed by atoms with van der Waals surface area (Å²) in [5.74, 6) is 0.886. The molecule has 3 heterocycles. The normalized spacial score (nSPS) is 28.1. The summed E-state index contributed by atoms with van der Waals surface area (Å²) < 4.78 is 29.4. The molecule has 3 aliphatic rings. The summed E-state index contributed by atoms with van der Waals surface area (Å²) in [4.78, 5) is 2.45. The number of hydrogen-bond acceptors (Lipinski definition) is 3. The molecule has 1 unspecified atom stereocenters. The molecule has 1 aromatic rings. The fraction of sp³-hybridized carbons (Fsp3) is 0.600. The molecule has 0 aromatic heterocycles. The van der Waals surface area contributed by atoms with E-state index < -0.39 is 6.61 Å². The predicted molar refractivity (Wildman–Crippen MR) is 77.9 cm³/mol. The first-order valence-corrected chi connectivity index (χ1v) is 7.68. The number of hydrogen-bond donors (Lipinski definition) is 1. The van der Waals surface area contributed by atoms with Gasteiger partial charge in [-0.2, -0.15) is 8.78 Å². The number of alkyl halides is 2. The van der Waals surface area contributed by atoms with Crippen molar-refractivity contribution in [3.05, 3.63) is 28.8 Å². The van der Waals surface area contributed by atoms with Crippen molar-refractivity contribution in [1.82, 2.24) is 10.2 Å². The maximum Gasteiger partial charge on any atom is 0.387 e. The standard InChI is InChI=1S/C15H19ClF2N2O/c16-12-1-2-14(21-15(17)18)11(7-12)8-19-13-9-20-5-3-10(13)4-6-20/h1-2,7,10,13,15,19H,3-6,8-9H2. The minimum Gasteiger partial charge on any atom is -0.434 e. The summed E-state index contributed by atoms with van der Waals surface area (Å²) in [6.07, 6.45) is 2.43. The van der Waals surface area contributed by atoms with Crippen LogP contribution in [0, 0.1) is 5.92 Å². The highest BCUT2D eigenvalue weighted by Crippen LogP contribution is 2.29. The van der Waals surface area contributed by atoms with Crippen LogP contribution in [0.4, 0.5) is 8.78 Å². The Bertz CT molecular complexity index is 493. The van der Waals surface area contributed by atoms with Crippen molar-refractivity contribution in [1.29, 1.82) is 0 Å². The van der Waals surface area contributed by atoms with E-state index in [0.717, 1.165) is 6.54 Å². The molecule has 0 saturated carbocycles. The van der Waals surface area contributed by atoms with E-state index in [1.165, 1.54) is 32.0 Å². The number of nitrogens with zero attached hydrogens (tertiary/aromatic N) is 1. The van der Waals surface area contributed by atoms with Crippen molar-refractivity contribution in [2.24, 2.45) is 5.92 Å². The number of fused-ring (bicyclic) bond motifs is 3. The van der Waals surface area contributed by atoms with Gasteiger partial charge in [-0.25, -0.2) is 0 Å². The Labute approximate surface area is 128 Å². The summed E-state index contributed by atoms with van der Waals surface area (Å²) in [5, 5.41) is 4.01. The molecule has 1 atom stereocenters. The van der Waals surface area contributed by atoms with Crippen LogP contribution in [-0.2, 0) is 6.54 Å². The molecule has 0 radical (unpaired) electrons. The van der Waals surface area contributed by atoms with E-state index in [4.69, 9.17) is 11.6 Å². The molecule has 0 amide bonds. The molecule has 1 N–H and O–H groups in total. The number of ether oxygens (including phenoxy) is 1. The van der Waals surface area contributed by atoms with Crippen LogP contribution >= 0.6 is 11.6 Å². The lowest BCUT2D eigenvalue weighted by atomic mass is 9.84. The average Bonchev–Trinajstić information content (AvgIpc) is 2.48. The smallest absolute Gasteiger partial charge is 0.387 e. The molecule has 21 heavy (non-hydrogen) atoms. The van der Waals surface area contributed by atoms with Gasteiger partial charge in [-0.15, -0.1) is 0 Å². The van der Waals surface area contributed by atoms with Crippen LogP contribution in [0.5, 0.6) is 5.75 Å². The van der Waals surface area contributed by atoms with Gasteiger partial charge in [-0.1, -0.05) is 11.6 Å². The Hall–Kier alpha value is -0.910. The molecule has 3 aliphatic heterocycles. The highest BCUT2D eigenvalue weighted by Gasteiger charge is 2.33. The highest BCUT2D eigenvalue weighted by molar-refractivity contribution is 6.30. The number of nitrogens with one attached hydrogen (secondary N) is 1. The second kappa shape index (κ2) is 6.46. The summed E-state index contributed by atoms with van der Waals surface area (Å²) in [5.41, 5.74) is 0.680. The quantitative estimate of drug-likeness (QED) is 0.903. The highest BCUT2D eigenvalue weighted by atomic mass is 35.5. The average molecular weight is 317 g/mol. The van der Waals surface area contributed by atoms with Crippen LogP contribution in [0.25, 0.3) is 0 Å². The van der Waals surface area contributed by atoms with E-state index in [-0.39, 0.29) is 5.75 Å². The lowest BCUT2D eigenvalue weighted by Gasteiger charge is -2.45. The van der Waals surface area contributed by atoms with Gasteiger partial charge in [0.15, 0.2) is 0 Å². The van der Waals surface area contributed by atoms with Gasteiger partial charge in [0.2, 0.25) is 0 Å². The van der Waals surface area contributed by atoms with Gasteiger partial charge in [-0.05, 0) is 50.0 Å². The Morgan fingerprint density at radius 1 is 1.33 bits per heavy atom. The Kier molecular flexibility index (Phi) is 4.62. The molecule has 3 fully saturated rings. The topological polar surface area (TPSA) is 24.5 Å². The van der Waals surface area contributed by atoms with E-state index in [9.17, 15) is 8.78 Å². The molecule has 2 bridgehead atoms. The third kappa shape index (κ3) is 3.65. The minimum atomic E-state index is -2.82. The molecule has 116 valence electrons. The van der Waals surface area contributed by atoms with Crippen molar-refractivity contribution >= 4 is 11.6 Å². The summed E-state index contributed by atoms with van der Waals surface area (Å²) in [6.45, 7) is 1.08. The predicted octanol–water partition coefficient (Wildman–Crippen LogP) is 3.13. The monoisotopic (exact) mass is 316 g/mol. The zero-order valence-electron chi connectivity index (χ0n) is 11.7. The zero-order valence-corrected chi connectivity index (χ0v) is 12.5. The number of rotatable bonds is 5. The van der Waals surface area contributed by atoms with Gasteiger partial charge in [-0.3, -0.25) is 0 Å². The summed E-state index contributed by atoms with van der Waals surface area (Å²) in [7, 11) is 0. The second-order valence-electron chi connectivity index (χ2n) is 5.76. The SMILES string of the molecule is FC(F)Oc1ccc(Cl)cc1CNC1CN2CCC1CC2. The van der Waals surface area contributed by atoms with Gasteiger partial charge in [0, 0.05) is 29.7 Å². The first-order valence-electron chi connectivity index (χ1n) is 7.31. The largest absolute Gasteiger partial charge is 0.434 e. The molecule has 6 heteroatoms. The van der Waals surface area contributed by atoms with E-state index in [1.807, 2.05) is 0 Å². The summed E-state index contributed by atoms with van der Waals surface area (Å²) >= 11 is 5.96. The van der Waals surface area contributed by atoms with Gasteiger partial charge in [0.1, 0.15) is 5.75 Å². The van der Waals surface area contributed by atoms with E-state index in [2.05, 4.69) is 15.0 Å². The van der Waals surface area contributed by atoms with Crippen molar-refractivity contribution in [3.8, 4) is 5.75 Å². The number of halogens is 3. The molecule has 3 nitrogen and oxygen atoms in total. The van der Waals surface area contributed by atoms with Gasteiger partial charge in [0.05, 0.1) is 0 Å². The summed E-state index contributed by atoms with van der Waals surface area (Å²) in [6, 6.07) is 5.18. The van der Waals surface area contributed by atoms with Crippen LogP contribution in [0.15, 0.2) is 18.2 Å². The molecule has 1 aromatic carbocycles. The van der Waals surface area contributed by atoms with Crippen LogP contribution in [0.3, 0.4) is 0 Å². The van der Waals surface area contributed by atoms with Crippen molar-refractivity contribution in [2.45, 2.75) is 32.0 Å². The Balaban J connectivity index is 1.65. The Morgan fingerprint density at radius 2 is 2.10 bits per heavy atom. The number of benzene rings is 1. The van der Waals surface area contributed by atoms with E-state index >= 15 is 0 Å². The first kappa shape index (κ1) is 15.0. The van der Waals surface area contributed by atoms with Crippen molar-refractivity contribution in [2.75, 3.05) is 19.6 Å². The maximum atomic E-state index is 12.4. The lowest BCUT2D eigenvalue weighted by Crippen LogP contribution is -2.55. The Morgan fingerprint density at radius 3 is 2.71 bits per heavy atom. The van der Waals surface area contributed by atoms with Crippen LogP contribution in [0.2, 0.25) is 5.02 Å². The van der Waals surface area contributed by atoms with E-state index in [1.54, 1.807) is 12.1 Å². The third-order valence-corrected chi connectivity index (χ3v) is 4.68. The number of piperidine rings is 3. The fourth-order valence-corrected chi connectivity index (χ4v) is 3.53. The zero-order chi connectivity index (χ0) is 14.8. The third-order valence-electron chi connectivity index (χ3n) is 4.45. The molecule has 0 aliphatic carbocycles. The van der Waals surface area contributed by atoms with Crippen LogP contribution < -0.4 is 10.1 Å². The molecule has 0 spiro atoms. The molecular weight excluding hydrogens is 298 g/mol. The first-order chi connectivity index (χ1) is 10.1. The van der Waals surface area contributed by atoms with Gasteiger partial charge in [0.25, 0.3) is 0 Å². The minimum absolute atomic E-state index is 0.197. The molecular formula is C15H19ClF2N2O. The maximum absolute atomic E-state index is 12.4. The van der Waals surface area contributed by atoms with Crippen LogP contribution in [0.1, 0.15) is 18.4 Å². The van der Waals surface area contributed by atoms with Crippen molar-refractivity contribution < 1.29 is 13.5 Å². The van der Waals surface area contributed by atoms with Crippen LogP contribution in [-0.4, -0.2) is 37.2 Å². The molecule has 3 saturated heterocycles. The van der Waals surface area contributed by atoms with Crippen molar-refractivity contribution in [3.63, 3.8) is 0 Å². The van der Waals surface area contributed by atoms with E-state index in [0.29, 0.717) is 29.1 Å². The lowest BCUT2D eigenvalue weighted by molar-refractivity contribution is -0.0505. The fourth-order valence-electron chi connectivity index (χ4n) is 3.33.